The second-order valence-electron chi connectivity index (χ2n) is 3.05. The predicted octanol–water partition coefficient (Wildman–Crippen LogP) is 2.62. The molecule has 14 heavy (non-hydrogen) atoms. The standard InChI is InChI=1S/C10H12INO2/c1-7(11)6-12-9-4-2-3-8(5-9)10(13)14/h2-5,7,12H,6H2,1H3,(H,13,14). The lowest BCUT2D eigenvalue weighted by Gasteiger charge is -2.08. The van der Waals surface area contributed by atoms with Crippen molar-refractivity contribution in [1.29, 1.82) is 0 Å². The summed E-state index contributed by atoms with van der Waals surface area (Å²) < 4.78 is 0.515. The summed E-state index contributed by atoms with van der Waals surface area (Å²) in [6.45, 7) is 2.93. The van der Waals surface area contributed by atoms with Crippen LogP contribution in [0.3, 0.4) is 0 Å². The molecular formula is C10H12INO2. The summed E-state index contributed by atoms with van der Waals surface area (Å²) in [5.74, 6) is -0.892. The van der Waals surface area contributed by atoms with Gasteiger partial charge in [0.1, 0.15) is 0 Å². The Morgan fingerprint density at radius 3 is 2.93 bits per heavy atom. The molecule has 1 rings (SSSR count). The van der Waals surface area contributed by atoms with Gasteiger partial charge >= 0.3 is 5.97 Å². The molecule has 0 saturated carbocycles. The molecule has 1 unspecified atom stereocenters. The maximum absolute atomic E-state index is 10.7. The molecule has 0 fully saturated rings. The minimum atomic E-state index is -0.892. The smallest absolute Gasteiger partial charge is 0.335 e. The Labute approximate surface area is 96.7 Å². The van der Waals surface area contributed by atoms with E-state index >= 15 is 0 Å². The number of nitrogens with one attached hydrogen (secondary N) is 1. The molecule has 3 nitrogen and oxygen atoms in total. The fourth-order valence-electron chi connectivity index (χ4n) is 1.02. The highest BCUT2D eigenvalue weighted by Gasteiger charge is 2.03. The number of benzene rings is 1. The lowest BCUT2D eigenvalue weighted by molar-refractivity contribution is 0.0697. The van der Waals surface area contributed by atoms with Gasteiger partial charge in [0.05, 0.1) is 5.56 Å². The number of hydrogen-bond acceptors (Lipinski definition) is 2. The Balaban J connectivity index is 2.69. The Morgan fingerprint density at radius 2 is 2.36 bits per heavy atom. The van der Waals surface area contributed by atoms with Crippen molar-refractivity contribution in [2.45, 2.75) is 10.8 Å². The van der Waals surface area contributed by atoms with Gasteiger partial charge in [0.2, 0.25) is 0 Å². The van der Waals surface area contributed by atoms with Gasteiger partial charge < -0.3 is 10.4 Å². The second kappa shape index (κ2) is 5.19. The van der Waals surface area contributed by atoms with Crippen LogP contribution < -0.4 is 5.32 Å². The number of alkyl halides is 1. The largest absolute Gasteiger partial charge is 0.478 e. The van der Waals surface area contributed by atoms with Gasteiger partial charge in [-0.25, -0.2) is 4.79 Å². The predicted molar refractivity (Wildman–Crippen MR) is 65.4 cm³/mol. The van der Waals surface area contributed by atoms with E-state index in [1.165, 1.54) is 0 Å². The molecule has 0 saturated heterocycles. The van der Waals surface area contributed by atoms with E-state index in [2.05, 4.69) is 34.8 Å². The number of carboxylic acid groups (broad SMARTS) is 1. The lowest BCUT2D eigenvalue weighted by Crippen LogP contribution is -2.10. The molecule has 0 heterocycles. The van der Waals surface area contributed by atoms with Crippen LogP contribution in [0.2, 0.25) is 0 Å². The summed E-state index contributed by atoms with van der Waals surface area (Å²) in [4.78, 5) is 10.7. The first-order chi connectivity index (χ1) is 6.59. The first kappa shape index (κ1) is 11.3. The van der Waals surface area contributed by atoms with Crippen LogP contribution in [-0.4, -0.2) is 21.5 Å². The van der Waals surface area contributed by atoms with Gasteiger partial charge in [-0.3, -0.25) is 0 Å². The third-order valence-electron chi connectivity index (χ3n) is 1.70. The van der Waals surface area contributed by atoms with Gasteiger partial charge in [0, 0.05) is 16.2 Å². The molecular weight excluding hydrogens is 293 g/mol. The molecule has 0 aliphatic carbocycles. The van der Waals surface area contributed by atoms with Crippen LogP contribution in [0, 0.1) is 0 Å². The molecule has 0 spiro atoms. The van der Waals surface area contributed by atoms with Crippen LogP contribution >= 0.6 is 22.6 Å². The summed E-state index contributed by atoms with van der Waals surface area (Å²) in [6, 6.07) is 6.83. The van der Waals surface area contributed by atoms with Crippen molar-refractivity contribution >= 4 is 34.2 Å². The van der Waals surface area contributed by atoms with Crippen molar-refractivity contribution in [3.8, 4) is 0 Å². The zero-order valence-electron chi connectivity index (χ0n) is 7.83. The van der Waals surface area contributed by atoms with Gasteiger partial charge in [-0.05, 0) is 18.2 Å². The number of anilines is 1. The minimum absolute atomic E-state index is 0.316. The number of carbonyl (C=O) groups is 1. The van der Waals surface area contributed by atoms with Crippen molar-refractivity contribution in [2.75, 3.05) is 11.9 Å². The number of hydrogen-bond donors (Lipinski definition) is 2. The maximum Gasteiger partial charge on any atom is 0.335 e. The lowest BCUT2D eigenvalue weighted by atomic mass is 10.2. The molecule has 1 aromatic rings. The average molecular weight is 305 g/mol. The zero-order chi connectivity index (χ0) is 10.6. The maximum atomic E-state index is 10.7. The molecule has 76 valence electrons. The van der Waals surface area contributed by atoms with E-state index in [1.54, 1.807) is 18.2 Å². The van der Waals surface area contributed by atoms with E-state index < -0.39 is 5.97 Å². The summed E-state index contributed by atoms with van der Waals surface area (Å²) in [5.41, 5.74) is 1.17. The van der Waals surface area contributed by atoms with Crippen LogP contribution in [0.25, 0.3) is 0 Å². The van der Waals surface area contributed by atoms with E-state index in [0.717, 1.165) is 12.2 Å². The van der Waals surface area contributed by atoms with Crippen molar-refractivity contribution in [3.63, 3.8) is 0 Å². The third-order valence-corrected chi connectivity index (χ3v) is 2.14. The number of halogens is 1. The Hall–Kier alpha value is -0.780. The SMILES string of the molecule is CC(I)CNc1cccc(C(=O)O)c1. The van der Waals surface area contributed by atoms with Gasteiger partial charge in [0.25, 0.3) is 0 Å². The first-order valence-corrected chi connectivity index (χ1v) is 5.55. The van der Waals surface area contributed by atoms with Gasteiger partial charge in [-0.1, -0.05) is 35.6 Å². The van der Waals surface area contributed by atoms with E-state index in [-0.39, 0.29) is 0 Å². The topological polar surface area (TPSA) is 49.3 Å². The van der Waals surface area contributed by atoms with E-state index in [0.29, 0.717) is 9.49 Å². The molecule has 0 aliphatic rings. The Morgan fingerprint density at radius 1 is 1.64 bits per heavy atom. The highest BCUT2D eigenvalue weighted by molar-refractivity contribution is 14.1. The van der Waals surface area contributed by atoms with Crippen molar-refractivity contribution in [2.24, 2.45) is 0 Å². The highest BCUT2D eigenvalue weighted by Crippen LogP contribution is 2.11. The molecule has 0 aromatic heterocycles. The van der Waals surface area contributed by atoms with E-state index in [9.17, 15) is 4.79 Å². The highest BCUT2D eigenvalue weighted by atomic mass is 127. The molecule has 2 N–H and O–H groups in total. The summed E-state index contributed by atoms with van der Waals surface area (Å²) >= 11 is 2.31. The normalized spacial score (nSPS) is 12.1. The minimum Gasteiger partial charge on any atom is -0.478 e. The third kappa shape index (κ3) is 3.53. The van der Waals surface area contributed by atoms with Crippen LogP contribution in [0.5, 0.6) is 0 Å². The monoisotopic (exact) mass is 305 g/mol. The Kier molecular flexibility index (Phi) is 4.19. The fraction of sp³-hybridized carbons (Fsp3) is 0.300. The van der Waals surface area contributed by atoms with Gasteiger partial charge in [-0.15, -0.1) is 0 Å². The first-order valence-electron chi connectivity index (χ1n) is 4.31. The van der Waals surface area contributed by atoms with Crippen LogP contribution in [0.15, 0.2) is 24.3 Å². The van der Waals surface area contributed by atoms with Crippen molar-refractivity contribution in [3.05, 3.63) is 29.8 Å². The summed E-state index contributed by atoms with van der Waals surface area (Å²) in [5, 5.41) is 11.9. The quantitative estimate of drug-likeness (QED) is 0.664. The zero-order valence-corrected chi connectivity index (χ0v) is 9.98. The molecule has 0 amide bonds. The molecule has 0 bridgehead atoms. The molecule has 0 radical (unpaired) electrons. The Bertz CT molecular complexity index is 326. The van der Waals surface area contributed by atoms with Crippen molar-refractivity contribution in [1.82, 2.24) is 0 Å². The summed E-state index contributed by atoms with van der Waals surface area (Å²) in [6.07, 6.45) is 0. The fourth-order valence-corrected chi connectivity index (χ4v) is 1.24. The van der Waals surface area contributed by atoms with Gasteiger partial charge in [0.15, 0.2) is 0 Å². The van der Waals surface area contributed by atoms with Crippen LogP contribution in [0.1, 0.15) is 17.3 Å². The summed E-state index contributed by atoms with van der Waals surface area (Å²) in [7, 11) is 0. The molecule has 4 heteroatoms. The van der Waals surface area contributed by atoms with Crippen LogP contribution in [0.4, 0.5) is 5.69 Å². The molecule has 1 aromatic carbocycles. The van der Waals surface area contributed by atoms with Crippen molar-refractivity contribution < 1.29 is 9.90 Å². The number of aromatic carboxylic acids is 1. The van der Waals surface area contributed by atoms with E-state index in [1.807, 2.05) is 6.07 Å². The van der Waals surface area contributed by atoms with E-state index in [4.69, 9.17) is 5.11 Å². The molecule has 0 aliphatic heterocycles. The van der Waals surface area contributed by atoms with Crippen LogP contribution in [-0.2, 0) is 0 Å². The average Bonchev–Trinajstić information content (AvgIpc) is 2.15. The number of rotatable bonds is 4. The second-order valence-corrected chi connectivity index (χ2v) is 5.17. The number of carboxylic acids is 1. The van der Waals surface area contributed by atoms with Gasteiger partial charge in [-0.2, -0.15) is 0 Å². The molecule has 1 atom stereocenters.